The minimum Gasteiger partial charge on any atom is -0.369 e. The van der Waals surface area contributed by atoms with Gasteiger partial charge in [0, 0.05) is 55.6 Å². The molecular weight excluding hydrogens is 426 g/mol. The lowest BCUT2D eigenvalue weighted by Gasteiger charge is -2.35. The van der Waals surface area contributed by atoms with Crippen LogP contribution in [0.4, 0.5) is 11.4 Å². The smallest absolute Gasteiger partial charge is 0.258 e. The van der Waals surface area contributed by atoms with Crippen LogP contribution in [0.2, 0.25) is 0 Å². The number of benzene rings is 2. The molecule has 2 aromatic rings. The van der Waals surface area contributed by atoms with Crippen molar-refractivity contribution in [2.75, 3.05) is 43.0 Å². The van der Waals surface area contributed by atoms with Crippen LogP contribution in [0.3, 0.4) is 0 Å². The number of likely N-dealkylation sites (N-methyl/N-ethyl adjacent to an activating group) is 1. The van der Waals surface area contributed by atoms with Crippen LogP contribution in [-0.4, -0.2) is 57.6 Å². The Morgan fingerprint density at radius 3 is 2.09 bits per heavy atom. The Bertz CT molecular complexity index is 1220. The first-order valence-corrected chi connectivity index (χ1v) is 12.0. The summed E-state index contributed by atoms with van der Waals surface area (Å²) >= 11 is 0. The second-order valence-electron chi connectivity index (χ2n) is 8.41. The number of amides is 1. The summed E-state index contributed by atoms with van der Waals surface area (Å²) in [5.41, 5.74) is 4.45. The molecule has 0 unspecified atom stereocenters. The third kappa shape index (κ3) is 3.73. The highest BCUT2D eigenvalue weighted by molar-refractivity contribution is 7.89. The van der Waals surface area contributed by atoms with Gasteiger partial charge in [0.25, 0.3) is 5.91 Å². The van der Waals surface area contributed by atoms with Crippen LogP contribution >= 0.6 is 0 Å². The molecule has 0 saturated carbocycles. The van der Waals surface area contributed by atoms with Gasteiger partial charge in [-0.1, -0.05) is 5.57 Å². The van der Waals surface area contributed by atoms with Gasteiger partial charge in [-0.2, -0.15) is 4.31 Å². The van der Waals surface area contributed by atoms with E-state index in [1.165, 1.54) is 11.2 Å². The first-order valence-electron chi connectivity index (χ1n) is 10.6. The Morgan fingerprint density at radius 2 is 1.53 bits per heavy atom. The molecule has 0 N–H and O–H groups in total. The van der Waals surface area contributed by atoms with E-state index >= 15 is 0 Å². The lowest BCUT2D eigenvalue weighted by Crippen LogP contribution is -2.48. The van der Waals surface area contributed by atoms with Gasteiger partial charge in [0.05, 0.1) is 10.6 Å². The van der Waals surface area contributed by atoms with Gasteiger partial charge in [-0.3, -0.25) is 9.59 Å². The van der Waals surface area contributed by atoms with E-state index in [-0.39, 0.29) is 16.6 Å². The quantitative estimate of drug-likeness (QED) is 0.525. The van der Waals surface area contributed by atoms with Crippen molar-refractivity contribution in [3.63, 3.8) is 0 Å². The van der Waals surface area contributed by atoms with Gasteiger partial charge in [-0.15, -0.1) is 0 Å². The number of nitrogens with zero attached hydrogens (tertiary/aromatic N) is 3. The number of ketones is 1. The van der Waals surface area contributed by atoms with E-state index in [4.69, 9.17) is 0 Å². The minimum atomic E-state index is -3.68. The third-order valence-corrected chi connectivity index (χ3v) is 8.03. The van der Waals surface area contributed by atoms with Crippen molar-refractivity contribution in [2.24, 2.45) is 0 Å². The number of carbonyl (C=O) groups excluding carboxylic acids is 2. The molecule has 32 heavy (non-hydrogen) atoms. The number of rotatable bonds is 4. The number of carbonyl (C=O) groups is 2. The predicted octanol–water partition coefficient (Wildman–Crippen LogP) is 3.17. The number of hydrogen-bond donors (Lipinski definition) is 0. The molecular formula is C24H27N3O4S. The number of Topliss-reactive ketones (excluding diaryl/α,β-unsaturated/α-hetero) is 1. The van der Waals surface area contributed by atoms with Crippen LogP contribution in [0.5, 0.6) is 0 Å². The maximum Gasteiger partial charge on any atom is 0.258 e. The van der Waals surface area contributed by atoms with Crippen LogP contribution < -0.4 is 9.80 Å². The van der Waals surface area contributed by atoms with Crippen LogP contribution in [0, 0.1) is 0 Å². The summed E-state index contributed by atoms with van der Waals surface area (Å²) in [6.07, 6.45) is 0. The Hall–Kier alpha value is -2.97. The zero-order valence-corrected chi connectivity index (χ0v) is 19.6. The zero-order valence-electron chi connectivity index (χ0n) is 18.8. The number of allylic oxidation sites excluding steroid dienone is 1. The molecule has 2 heterocycles. The monoisotopic (exact) mass is 453 g/mol. The van der Waals surface area contributed by atoms with Crippen molar-refractivity contribution in [2.45, 2.75) is 25.7 Å². The maximum atomic E-state index is 13.3. The van der Waals surface area contributed by atoms with Gasteiger partial charge < -0.3 is 9.80 Å². The number of piperazine rings is 1. The van der Waals surface area contributed by atoms with Gasteiger partial charge in [-0.25, -0.2) is 8.42 Å². The molecule has 0 bridgehead atoms. The van der Waals surface area contributed by atoms with Gasteiger partial charge in [0.1, 0.15) is 0 Å². The lowest BCUT2D eigenvalue weighted by molar-refractivity contribution is -0.112. The van der Waals surface area contributed by atoms with E-state index in [0.717, 1.165) is 16.9 Å². The predicted molar refractivity (Wildman–Crippen MR) is 126 cm³/mol. The summed E-state index contributed by atoms with van der Waals surface area (Å²) in [5, 5.41) is 0. The third-order valence-electron chi connectivity index (χ3n) is 6.13. The Labute approximate surface area is 189 Å². The molecule has 7 nitrogen and oxygen atoms in total. The topological polar surface area (TPSA) is 78.0 Å². The molecule has 0 aliphatic carbocycles. The summed E-state index contributed by atoms with van der Waals surface area (Å²) < 4.78 is 28.2. The molecule has 0 aromatic heterocycles. The Morgan fingerprint density at radius 1 is 0.906 bits per heavy atom. The van der Waals surface area contributed by atoms with E-state index in [0.29, 0.717) is 42.9 Å². The highest BCUT2D eigenvalue weighted by Crippen LogP contribution is 2.39. The van der Waals surface area contributed by atoms with Crippen LogP contribution in [0.25, 0.3) is 5.57 Å². The van der Waals surface area contributed by atoms with Gasteiger partial charge in [0.15, 0.2) is 5.78 Å². The second-order valence-corrected chi connectivity index (χ2v) is 10.4. The normalized spacial score (nSPS) is 17.0. The van der Waals surface area contributed by atoms with Crippen molar-refractivity contribution in [1.82, 2.24) is 4.31 Å². The summed E-state index contributed by atoms with van der Waals surface area (Å²) in [7, 11) is -1.98. The van der Waals surface area contributed by atoms with E-state index < -0.39 is 10.0 Å². The summed E-state index contributed by atoms with van der Waals surface area (Å²) in [6, 6.07) is 12.3. The van der Waals surface area contributed by atoms with E-state index in [1.54, 1.807) is 42.3 Å². The fourth-order valence-corrected chi connectivity index (χ4v) is 5.74. The van der Waals surface area contributed by atoms with Crippen molar-refractivity contribution in [1.29, 1.82) is 0 Å². The SMILES string of the molecule is CC(=O)c1ccc(N2CCN(S(=O)(=O)c3ccc4c(c3)C(=C(C)C)C(=O)N4C)CC2)cc1. The molecule has 0 spiro atoms. The second kappa shape index (κ2) is 8.18. The fraction of sp³-hybridized carbons (Fsp3) is 0.333. The van der Waals surface area contributed by atoms with Gasteiger partial charge in [-0.05, 0) is 63.2 Å². The maximum absolute atomic E-state index is 13.3. The fourth-order valence-electron chi connectivity index (χ4n) is 4.29. The molecule has 8 heteroatoms. The molecule has 4 rings (SSSR count). The highest BCUT2D eigenvalue weighted by Gasteiger charge is 2.34. The van der Waals surface area contributed by atoms with Crippen LogP contribution in [0.1, 0.15) is 36.7 Å². The number of fused-ring (bicyclic) bond motifs is 1. The Kier molecular flexibility index (Phi) is 5.68. The Balaban J connectivity index is 1.54. The molecule has 1 saturated heterocycles. The molecule has 1 amide bonds. The highest BCUT2D eigenvalue weighted by atomic mass is 32.2. The number of sulfonamides is 1. The number of hydrogen-bond acceptors (Lipinski definition) is 5. The average Bonchev–Trinajstić information content (AvgIpc) is 3.03. The largest absolute Gasteiger partial charge is 0.369 e. The standard InChI is InChI=1S/C24H27N3O4S/c1-16(2)23-21-15-20(9-10-22(21)25(4)24(23)29)32(30,31)27-13-11-26(12-14-27)19-7-5-18(6-8-19)17(3)28/h5-10,15H,11-14H2,1-4H3. The van der Waals surface area contributed by atoms with E-state index in [9.17, 15) is 18.0 Å². The molecule has 2 aliphatic heterocycles. The molecule has 2 aromatic carbocycles. The molecule has 168 valence electrons. The number of anilines is 2. The van der Waals surface area contributed by atoms with Gasteiger partial charge in [0.2, 0.25) is 10.0 Å². The van der Waals surface area contributed by atoms with Crippen LogP contribution in [-0.2, 0) is 14.8 Å². The average molecular weight is 454 g/mol. The summed E-state index contributed by atoms with van der Waals surface area (Å²) in [6.45, 7) is 7.10. The first kappa shape index (κ1) is 22.2. The molecule has 0 atom stereocenters. The van der Waals surface area contributed by atoms with Crippen molar-refractivity contribution < 1.29 is 18.0 Å². The summed E-state index contributed by atoms with van der Waals surface area (Å²) in [4.78, 5) is 27.9. The summed E-state index contributed by atoms with van der Waals surface area (Å²) in [5.74, 6) is -0.0927. The van der Waals surface area contributed by atoms with Crippen molar-refractivity contribution in [3.05, 3.63) is 59.2 Å². The first-order chi connectivity index (χ1) is 15.1. The lowest BCUT2D eigenvalue weighted by atomic mass is 10.0. The van der Waals surface area contributed by atoms with E-state index in [1.807, 2.05) is 26.0 Å². The molecule has 0 radical (unpaired) electrons. The molecule has 2 aliphatic rings. The molecule has 1 fully saturated rings. The zero-order chi connectivity index (χ0) is 23.2. The van der Waals surface area contributed by atoms with E-state index in [2.05, 4.69) is 4.90 Å². The van der Waals surface area contributed by atoms with Crippen molar-refractivity contribution >= 4 is 38.7 Å². The van der Waals surface area contributed by atoms with Gasteiger partial charge >= 0.3 is 0 Å². The minimum absolute atomic E-state index is 0.0194. The van der Waals surface area contributed by atoms with Crippen LogP contribution in [0.15, 0.2) is 52.9 Å². The van der Waals surface area contributed by atoms with Crippen molar-refractivity contribution in [3.8, 4) is 0 Å².